The molecule has 60 valence electrons. The fourth-order valence-electron chi connectivity index (χ4n) is 0. The molecule has 12 heavy (non-hydrogen) atoms. The van der Waals surface area contributed by atoms with Crippen LogP contribution in [0.1, 0.15) is 26.7 Å². The summed E-state index contributed by atoms with van der Waals surface area (Å²) in [6.07, 6.45) is 0.222. The van der Waals surface area contributed by atoms with E-state index in [4.69, 9.17) is 0 Å². The molecule has 0 aliphatic rings. The first-order valence-electron chi connectivity index (χ1n) is 2.94. The molecule has 0 saturated carbocycles. The van der Waals surface area contributed by atoms with Gasteiger partial charge in [0.2, 0.25) is 0 Å². The van der Waals surface area contributed by atoms with Crippen molar-refractivity contribution in [2.24, 2.45) is 0 Å². The van der Waals surface area contributed by atoms with Crippen LogP contribution in [-0.2, 0) is 9.59 Å². The van der Waals surface area contributed by atoms with E-state index in [2.05, 4.69) is 0 Å². The van der Waals surface area contributed by atoms with Crippen molar-refractivity contribution in [3.8, 4) is 0 Å². The Bertz CT molecular complexity index is 102. The molecule has 0 rings (SSSR count). The van der Waals surface area contributed by atoms with Gasteiger partial charge < -0.3 is 19.8 Å². The summed E-state index contributed by atoms with van der Waals surface area (Å²) in [5.41, 5.74) is 0. The standard InChI is InChI=1S/2C3H6O2.2Na/c2*1-2-3(4)5;;/h2*2H2,1H3,(H,4,5);;/q;;2*+1/p-2. The zero-order chi connectivity index (χ0) is 8.57. The number of carboxylic acids is 2. The molecule has 6 heteroatoms. The quantitative estimate of drug-likeness (QED) is 0.407. The summed E-state index contributed by atoms with van der Waals surface area (Å²) in [5.74, 6) is -1.99. The molecule has 0 fully saturated rings. The fraction of sp³-hybridized carbons (Fsp3) is 0.667. The Kier molecular flexibility index (Phi) is 34.4. The maximum absolute atomic E-state index is 9.26. The van der Waals surface area contributed by atoms with E-state index in [1.54, 1.807) is 0 Å². The summed E-state index contributed by atoms with van der Waals surface area (Å²) in [4.78, 5) is 18.5. The molecular weight excluding hydrogens is 182 g/mol. The zero-order valence-corrected chi connectivity index (χ0v) is 12.0. The molecule has 0 radical (unpaired) electrons. The van der Waals surface area contributed by atoms with Crippen LogP contribution in [0.5, 0.6) is 0 Å². The molecule has 0 unspecified atom stereocenters. The minimum atomic E-state index is -0.995. The van der Waals surface area contributed by atoms with Crippen LogP contribution < -0.4 is 69.3 Å². The van der Waals surface area contributed by atoms with E-state index in [-0.39, 0.29) is 72.0 Å². The summed E-state index contributed by atoms with van der Waals surface area (Å²) in [5, 5.41) is 18.5. The fourth-order valence-corrected chi connectivity index (χ4v) is 0. The molecule has 0 heterocycles. The molecule has 0 aromatic rings. The van der Waals surface area contributed by atoms with Crippen LogP contribution in [0.2, 0.25) is 0 Å². The average Bonchev–Trinajstić information content (AvgIpc) is 1.89. The molecule has 0 aliphatic carbocycles. The summed E-state index contributed by atoms with van der Waals surface area (Å²) >= 11 is 0. The third kappa shape index (κ3) is 44.3. The second kappa shape index (κ2) is 17.9. The number of carboxylic acid groups (broad SMARTS) is 2. The smallest absolute Gasteiger partial charge is 0.550 e. The van der Waals surface area contributed by atoms with Crippen molar-refractivity contribution in [2.45, 2.75) is 26.7 Å². The van der Waals surface area contributed by atoms with E-state index in [0.29, 0.717) is 0 Å². The van der Waals surface area contributed by atoms with Gasteiger partial charge in [-0.15, -0.1) is 0 Å². The number of rotatable bonds is 2. The van der Waals surface area contributed by atoms with Crippen molar-refractivity contribution in [2.75, 3.05) is 0 Å². The SMILES string of the molecule is CCC(=O)[O-].CCC(=O)[O-].[Na+].[Na+]. The van der Waals surface area contributed by atoms with Gasteiger partial charge in [0.05, 0.1) is 0 Å². The summed E-state index contributed by atoms with van der Waals surface area (Å²) < 4.78 is 0. The van der Waals surface area contributed by atoms with E-state index < -0.39 is 11.9 Å². The zero-order valence-electron chi connectivity index (χ0n) is 8.05. The normalized spacial score (nSPS) is 6.17. The van der Waals surface area contributed by atoms with E-state index >= 15 is 0 Å². The van der Waals surface area contributed by atoms with Crippen LogP contribution in [0.15, 0.2) is 0 Å². The molecule has 0 atom stereocenters. The third-order valence-electron chi connectivity index (χ3n) is 0.577. The van der Waals surface area contributed by atoms with E-state index in [0.717, 1.165) is 0 Å². The van der Waals surface area contributed by atoms with Gasteiger partial charge in [0.25, 0.3) is 0 Å². The first-order chi connectivity index (χ1) is 4.54. The van der Waals surface area contributed by atoms with Crippen LogP contribution in [0.4, 0.5) is 0 Å². The van der Waals surface area contributed by atoms with Crippen molar-refractivity contribution in [1.29, 1.82) is 0 Å². The van der Waals surface area contributed by atoms with Gasteiger partial charge in [0.1, 0.15) is 0 Å². The van der Waals surface area contributed by atoms with E-state index in [1.165, 1.54) is 13.8 Å². The average molecular weight is 192 g/mol. The maximum Gasteiger partial charge on any atom is 1.00 e. The summed E-state index contributed by atoms with van der Waals surface area (Å²) in [7, 11) is 0. The Morgan fingerprint density at radius 1 is 0.917 bits per heavy atom. The number of carbonyl (C=O) groups is 2. The van der Waals surface area contributed by atoms with E-state index in [1.807, 2.05) is 0 Å². The van der Waals surface area contributed by atoms with E-state index in [9.17, 15) is 19.8 Å². The van der Waals surface area contributed by atoms with Gasteiger partial charge in [-0.2, -0.15) is 0 Å². The third-order valence-corrected chi connectivity index (χ3v) is 0.577. The molecule has 0 aliphatic heterocycles. The Morgan fingerprint density at radius 3 is 1.00 bits per heavy atom. The Labute approximate surface area is 116 Å². The summed E-state index contributed by atoms with van der Waals surface area (Å²) in [6.45, 7) is 3.07. The number of carbonyl (C=O) groups excluding carboxylic acids is 2. The monoisotopic (exact) mass is 192 g/mol. The van der Waals surface area contributed by atoms with Crippen molar-refractivity contribution in [1.82, 2.24) is 0 Å². The number of hydrogen-bond acceptors (Lipinski definition) is 4. The second-order valence-electron chi connectivity index (χ2n) is 1.45. The molecule has 0 aromatic carbocycles. The van der Waals surface area contributed by atoms with Gasteiger partial charge in [-0.05, 0) is 12.8 Å². The van der Waals surface area contributed by atoms with Gasteiger partial charge >= 0.3 is 59.1 Å². The second-order valence-corrected chi connectivity index (χ2v) is 1.45. The first kappa shape index (κ1) is 23.1. The Morgan fingerprint density at radius 2 is 1.00 bits per heavy atom. The van der Waals surface area contributed by atoms with Gasteiger partial charge in [-0.25, -0.2) is 0 Å². The molecule has 0 bridgehead atoms. The predicted molar refractivity (Wildman–Crippen MR) is 30.6 cm³/mol. The van der Waals surface area contributed by atoms with Gasteiger partial charge in [0.15, 0.2) is 0 Å². The molecule has 0 spiro atoms. The van der Waals surface area contributed by atoms with Crippen LogP contribution in [0.3, 0.4) is 0 Å². The van der Waals surface area contributed by atoms with Gasteiger partial charge in [0, 0.05) is 11.9 Å². The molecule has 0 N–H and O–H groups in total. The van der Waals surface area contributed by atoms with Gasteiger partial charge in [-0.3, -0.25) is 0 Å². The molecular formula is C6H10Na2O4. The van der Waals surface area contributed by atoms with Gasteiger partial charge in [-0.1, -0.05) is 13.8 Å². The number of aliphatic carboxylic acids is 2. The van der Waals surface area contributed by atoms with Crippen LogP contribution in [0, 0.1) is 0 Å². The molecule has 0 saturated heterocycles. The minimum absolute atomic E-state index is 0. The molecule has 4 nitrogen and oxygen atoms in total. The summed E-state index contributed by atoms with van der Waals surface area (Å²) in [6, 6.07) is 0. The van der Waals surface area contributed by atoms with Crippen LogP contribution >= 0.6 is 0 Å². The Hall–Kier alpha value is 0.940. The van der Waals surface area contributed by atoms with Crippen molar-refractivity contribution >= 4 is 11.9 Å². The molecule has 0 aromatic heterocycles. The Balaban J connectivity index is -0.0000000457. The van der Waals surface area contributed by atoms with Crippen LogP contribution in [-0.4, -0.2) is 11.9 Å². The predicted octanol–water partition coefficient (Wildman–Crippen LogP) is -7.70. The topological polar surface area (TPSA) is 80.3 Å². The largest absolute Gasteiger partial charge is 1.00 e. The van der Waals surface area contributed by atoms with Crippen LogP contribution in [0.25, 0.3) is 0 Å². The molecule has 0 amide bonds. The van der Waals surface area contributed by atoms with Crippen molar-refractivity contribution in [3.05, 3.63) is 0 Å². The minimum Gasteiger partial charge on any atom is -0.550 e. The van der Waals surface area contributed by atoms with Crippen molar-refractivity contribution < 1.29 is 78.9 Å². The van der Waals surface area contributed by atoms with Crippen molar-refractivity contribution in [3.63, 3.8) is 0 Å². The number of hydrogen-bond donors (Lipinski definition) is 0. The first-order valence-corrected chi connectivity index (χ1v) is 2.94. The maximum atomic E-state index is 9.26.